The van der Waals surface area contributed by atoms with E-state index in [2.05, 4.69) is 19.9 Å². The van der Waals surface area contributed by atoms with E-state index in [-0.39, 0.29) is 0 Å². The number of nitrogens with one attached hydrogen (secondary N) is 1. The van der Waals surface area contributed by atoms with E-state index >= 15 is 0 Å². The lowest BCUT2D eigenvalue weighted by molar-refractivity contribution is 1.17. The third kappa shape index (κ3) is 1.38. The van der Waals surface area contributed by atoms with E-state index < -0.39 is 0 Å². The van der Waals surface area contributed by atoms with Crippen LogP contribution in [0.15, 0.2) is 36.8 Å². The predicted molar refractivity (Wildman–Crippen MR) is 61.5 cm³/mol. The van der Waals surface area contributed by atoms with Crippen LogP contribution in [0.25, 0.3) is 22.6 Å². The fraction of sp³-hybridized carbons (Fsp3) is 0. The Morgan fingerprint density at radius 2 is 2.12 bits per heavy atom. The summed E-state index contributed by atoms with van der Waals surface area (Å²) in [6.45, 7) is 0. The van der Waals surface area contributed by atoms with Crippen LogP contribution in [-0.4, -0.2) is 19.9 Å². The molecule has 3 aromatic rings. The van der Waals surface area contributed by atoms with Gasteiger partial charge in [-0.25, -0.2) is 9.97 Å². The Bertz CT molecular complexity index is 629. The lowest BCUT2D eigenvalue weighted by Crippen LogP contribution is -1.85. The Labute approximate surface area is 91.4 Å². The zero-order valence-corrected chi connectivity index (χ0v) is 8.38. The van der Waals surface area contributed by atoms with Crippen LogP contribution in [0.5, 0.6) is 0 Å². The molecule has 0 spiro atoms. The second kappa shape index (κ2) is 3.30. The first-order chi connectivity index (χ1) is 7.83. The van der Waals surface area contributed by atoms with Gasteiger partial charge in [0.1, 0.15) is 5.69 Å². The van der Waals surface area contributed by atoms with E-state index in [1.54, 1.807) is 18.6 Å². The number of imidazole rings is 1. The third-order valence-electron chi connectivity index (χ3n) is 2.31. The standard InChI is InChI=1S/C11H9N5/c12-7-1-2-8-9(5-7)16-11(15-8)10-6-13-3-4-14-10/h1-6H,12H2,(H,15,16). The minimum atomic E-state index is 0.702. The number of hydrogen-bond acceptors (Lipinski definition) is 4. The number of nitrogens with two attached hydrogens (primary N) is 1. The number of nitrogen functional groups attached to an aromatic ring is 1. The Kier molecular flexibility index (Phi) is 1.83. The number of H-pyrrole nitrogens is 1. The molecule has 5 nitrogen and oxygen atoms in total. The van der Waals surface area contributed by atoms with Crippen LogP contribution in [0, 0.1) is 0 Å². The molecule has 3 rings (SSSR count). The first kappa shape index (κ1) is 8.84. The van der Waals surface area contributed by atoms with Gasteiger partial charge in [0.05, 0.1) is 17.2 Å². The molecule has 0 aliphatic carbocycles. The van der Waals surface area contributed by atoms with Gasteiger partial charge in [-0.15, -0.1) is 0 Å². The van der Waals surface area contributed by atoms with Crippen molar-refractivity contribution in [2.75, 3.05) is 5.73 Å². The Balaban J connectivity index is 2.19. The number of aromatic amines is 1. The average molecular weight is 211 g/mol. The molecule has 2 aromatic heterocycles. The van der Waals surface area contributed by atoms with Gasteiger partial charge in [-0.2, -0.15) is 0 Å². The Hall–Kier alpha value is -2.43. The summed E-state index contributed by atoms with van der Waals surface area (Å²) >= 11 is 0. The van der Waals surface area contributed by atoms with Crippen molar-refractivity contribution in [2.24, 2.45) is 0 Å². The van der Waals surface area contributed by atoms with Crippen molar-refractivity contribution >= 4 is 16.7 Å². The molecule has 0 aliphatic heterocycles. The summed E-state index contributed by atoms with van der Waals surface area (Å²) in [5.74, 6) is 0.702. The van der Waals surface area contributed by atoms with Crippen molar-refractivity contribution < 1.29 is 0 Å². The maximum atomic E-state index is 5.70. The van der Waals surface area contributed by atoms with E-state index in [9.17, 15) is 0 Å². The van der Waals surface area contributed by atoms with E-state index in [1.165, 1.54) is 0 Å². The van der Waals surface area contributed by atoms with Crippen molar-refractivity contribution in [2.45, 2.75) is 0 Å². The maximum Gasteiger partial charge on any atom is 0.158 e. The molecule has 78 valence electrons. The molecule has 0 fully saturated rings. The lowest BCUT2D eigenvalue weighted by atomic mass is 10.3. The first-order valence-corrected chi connectivity index (χ1v) is 4.84. The minimum Gasteiger partial charge on any atom is -0.399 e. The van der Waals surface area contributed by atoms with E-state index in [4.69, 9.17) is 5.73 Å². The van der Waals surface area contributed by atoms with Crippen LogP contribution in [0.1, 0.15) is 0 Å². The van der Waals surface area contributed by atoms with Crippen LogP contribution in [0.3, 0.4) is 0 Å². The molecule has 0 bridgehead atoms. The summed E-state index contributed by atoms with van der Waals surface area (Å²) in [6.07, 6.45) is 4.93. The highest BCUT2D eigenvalue weighted by atomic mass is 15.0. The summed E-state index contributed by atoms with van der Waals surface area (Å²) in [6, 6.07) is 5.55. The molecule has 1 aromatic carbocycles. The first-order valence-electron chi connectivity index (χ1n) is 4.84. The summed E-state index contributed by atoms with van der Waals surface area (Å²) in [5, 5.41) is 0. The van der Waals surface area contributed by atoms with Gasteiger partial charge in [0.15, 0.2) is 5.82 Å². The number of anilines is 1. The number of aromatic nitrogens is 4. The highest BCUT2D eigenvalue weighted by Crippen LogP contribution is 2.19. The molecule has 0 radical (unpaired) electrons. The van der Waals surface area contributed by atoms with E-state index in [0.29, 0.717) is 11.5 Å². The normalized spacial score (nSPS) is 10.8. The van der Waals surface area contributed by atoms with Gasteiger partial charge in [-0.3, -0.25) is 4.98 Å². The zero-order chi connectivity index (χ0) is 11.0. The predicted octanol–water partition coefficient (Wildman–Crippen LogP) is 1.60. The fourth-order valence-corrected chi connectivity index (χ4v) is 1.57. The third-order valence-corrected chi connectivity index (χ3v) is 2.31. The molecule has 0 aliphatic rings. The minimum absolute atomic E-state index is 0.702. The Morgan fingerprint density at radius 3 is 2.94 bits per heavy atom. The monoisotopic (exact) mass is 211 g/mol. The largest absolute Gasteiger partial charge is 0.399 e. The lowest BCUT2D eigenvalue weighted by Gasteiger charge is -1.91. The van der Waals surface area contributed by atoms with Gasteiger partial charge >= 0.3 is 0 Å². The summed E-state index contributed by atoms with van der Waals surface area (Å²) in [4.78, 5) is 15.8. The fourth-order valence-electron chi connectivity index (χ4n) is 1.57. The van der Waals surface area contributed by atoms with Gasteiger partial charge in [0.25, 0.3) is 0 Å². The molecule has 0 atom stereocenters. The van der Waals surface area contributed by atoms with Crippen LogP contribution in [0.2, 0.25) is 0 Å². The number of hydrogen-bond donors (Lipinski definition) is 2. The van der Waals surface area contributed by atoms with Gasteiger partial charge < -0.3 is 10.7 Å². The summed E-state index contributed by atoms with van der Waals surface area (Å²) in [5.41, 5.74) is 8.90. The number of benzene rings is 1. The summed E-state index contributed by atoms with van der Waals surface area (Å²) in [7, 11) is 0. The topological polar surface area (TPSA) is 80.5 Å². The molecular formula is C11H9N5. The van der Waals surface area contributed by atoms with Crippen LogP contribution < -0.4 is 5.73 Å². The van der Waals surface area contributed by atoms with Crippen molar-refractivity contribution in [3.8, 4) is 11.5 Å². The van der Waals surface area contributed by atoms with Crippen molar-refractivity contribution in [1.82, 2.24) is 19.9 Å². The maximum absolute atomic E-state index is 5.70. The summed E-state index contributed by atoms with van der Waals surface area (Å²) < 4.78 is 0. The molecular weight excluding hydrogens is 202 g/mol. The highest BCUT2D eigenvalue weighted by Gasteiger charge is 2.05. The van der Waals surface area contributed by atoms with Crippen LogP contribution in [0.4, 0.5) is 5.69 Å². The number of fused-ring (bicyclic) bond motifs is 1. The van der Waals surface area contributed by atoms with E-state index in [1.807, 2.05) is 18.2 Å². The highest BCUT2D eigenvalue weighted by molar-refractivity contribution is 5.81. The smallest absolute Gasteiger partial charge is 0.158 e. The molecule has 3 N–H and O–H groups in total. The van der Waals surface area contributed by atoms with Gasteiger partial charge in [0, 0.05) is 18.1 Å². The van der Waals surface area contributed by atoms with Crippen LogP contribution in [-0.2, 0) is 0 Å². The second-order valence-corrected chi connectivity index (χ2v) is 3.45. The Morgan fingerprint density at radius 1 is 1.19 bits per heavy atom. The van der Waals surface area contributed by atoms with E-state index in [0.717, 1.165) is 16.7 Å². The SMILES string of the molecule is Nc1ccc2nc(-c3cnccn3)[nH]c2c1. The van der Waals surface area contributed by atoms with Gasteiger partial charge in [-0.05, 0) is 18.2 Å². The molecule has 0 unspecified atom stereocenters. The molecule has 2 heterocycles. The molecule has 0 saturated heterocycles. The zero-order valence-electron chi connectivity index (χ0n) is 8.38. The quantitative estimate of drug-likeness (QED) is 0.599. The van der Waals surface area contributed by atoms with Gasteiger partial charge in [0.2, 0.25) is 0 Å². The molecule has 16 heavy (non-hydrogen) atoms. The van der Waals surface area contributed by atoms with Crippen molar-refractivity contribution in [3.05, 3.63) is 36.8 Å². The molecule has 0 amide bonds. The average Bonchev–Trinajstić information content (AvgIpc) is 2.73. The van der Waals surface area contributed by atoms with Crippen molar-refractivity contribution in [3.63, 3.8) is 0 Å². The van der Waals surface area contributed by atoms with Crippen LogP contribution >= 0.6 is 0 Å². The molecule has 0 saturated carbocycles. The van der Waals surface area contributed by atoms with Gasteiger partial charge in [-0.1, -0.05) is 0 Å². The van der Waals surface area contributed by atoms with Crippen molar-refractivity contribution in [1.29, 1.82) is 0 Å². The number of rotatable bonds is 1. The molecule has 5 heteroatoms. The number of nitrogens with zero attached hydrogens (tertiary/aromatic N) is 3. The second-order valence-electron chi connectivity index (χ2n) is 3.45.